The maximum absolute atomic E-state index is 11.2. The molecule has 1 unspecified atom stereocenters. The van der Waals surface area contributed by atoms with Crippen molar-refractivity contribution < 1.29 is 14.7 Å². The van der Waals surface area contributed by atoms with Crippen LogP contribution >= 0.6 is 7.37 Å². The average Bonchev–Trinajstić information content (AvgIpc) is 2.00. The minimum absolute atomic E-state index is 0.183. The molecule has 0 amide bonds. The van der Waals surface area contributed by atoms with Gasteiger partial charge in [0.25, 0.3) is 0 Å². The lowest BCUT2D eigenvalue weighted by molar-refractivity contribution is 0.318. The summed E-state index contributed by atoms with van der Waals surface area (Å²) in [5, 5.41) is 10.8. The third kappa shape index (κ3) is 5.16. The molecule has 6 heteroatoms. The first kappa shape index (κ1) is 11.5. The van der Waals surface area contributed by atoms with Crippen molar-refractivity contribution >= 4 is 13.2 Å². The van der Waals surface area contributed by atoms with Gasteiger partial charge < -0.3 is 15.8 Å². The van der Waals surface area contributed by atoms with E-state index in [1.807, 2.05) is 6.92 Å². The van der Waals surface area contributed by atoms with Crippen LogP contribution in [0.25, 0.3) is 0 Å². The van der Waals surface area contributed by atoms with E-state index < -0.39 is 7.37 Å². The van der Waals surface area contributed by atoms with Crippen molar-refractivity contribution in [1.29, 1.82) is 0 Å². The van der Waals surface area contributed by atoms with Crippen LogP contribution in [-0.4, -0.2) is 28.3 Å². The number of oxime groups is 1. The molecule has 0 aromatic heterocycles. The predicted molar refractivity (Wildman–Crippen MR) is 47.9 cm³/mol. The molecule has 0 aromatic rings. The molecule has 12 heavy (non-hydrogen) atoms. The molecule has 1 atom stereocenters. The van der Waals surface area contributed by atoms with Gasteiger partial charge in [0.2, 0.25) is 7.37 Å². The topological polar surface area (TPSA) is 95.9 Å². The van der Waals surface area contributed by atoms with Crippen LogP contribution in [0, 0.1) is 0 Å². The van der Waals surface area contributed by atoms with Crippen molar-refractivity contribution in [3.63, 3.8) is 0 Å². The van der Waals surface area contributed by atoms with Crippen LogP contribution in [0.1, 0.15) is 19.8 Å². The van der Waals surface area contributed by atoms with Crippen LogP contribution < -0.4 is 5.73 Å². The van der Waals surface area contributed by atoms with E-state index in [0.717, 1.165) is 6.42 Å². The van der Waals surface area contributed by atoms with Crippen molar-refractivity contribution in [2.75, 3.05) is 12.3 Å². The Morgan fingerprint density at radius 1 is 1.67 bits per heavy atom. The molecule has 0 heterocycles. The molecule has 72 valence electrons. The summed E-state index contributed by atoms with van der Waals surface area (Å²) in [6, 6.07) is 0. The van der Waals surface area contributed by atoms with Gasteiger partial charge in [0.15, 0.2) is 0 Å². The van der Waals surface area contributed by atoms with Gasteiger partial charge in [0.1, 0.15) is 5.84 Å². The maximum atomic E-state index is 11.2. The van der Waals surface area contributed by atoms with Crippen molar-refractivity contribution in [2.24, 2.45) is 10.9 Å². The smallest absolute Gasteiger partial charge is 0.208 e. The summed E-state index contributed by atoms with van der Waals surface area (Å²) in [7, 11) is -3.20. The van der Waals surface area contributed by atoms with Gasteiger partial charge in [-0.25, -0.2) is 0 Å². The first-order valence-electron chi connectivity index (χ1n) is 3.79. The molecule has 4 N–H and O–H groups in total. The Hall–Kier alpha value is -0.540. The Morgan fingerprint density at radius 2 is 2.25 bits per heavy atom. The number of unbranched alkanes of at least 4 members (excludes halogenated alkanes) is 1. The van der Waals surface area contributed by atoms with Crippen LogP contribution in [0.3, 0.4) is 0 Å². The van der Waals surface area contributed by atoms with E-state index in [4.69, 9.17) is 10.9 Å². The Morgan fingerprint density at radius 3 is 2.67 bits per heavy atom. The fourth-order valence-corrected chi connectivity index (χ4v) is 2.31. The highest BCUT2D eigenvalue weighted by Crippen LogP contribution is 2.40. The highest BCUT2D eigenvalue weighted by atomic mass is 31.2. The van der Waals surface area contributed by atoms with Crippen molar-refractivity contribution in [1.82, 2.24) is 0 Å². The van der Waals surface area contributed by atoms with Crippen LogP contribution in [-0.2, 0) is 4.57 Å². The summed E-state index contributed by atoms with van der Waals surface area (Å²) in [6.45, 7) is 1.93. The van der Waals surface area contributed by atoms with E-state index in [2.05, 4.69) is 5.16 Å². The number of nitrogens with zero attached hydrogens (tertiary/aromatic N) is 1. The number of amidine groups is 1. The van der Waals surface area contributed by atoms with Crippen LogP contribution in [0.2, 0.25) is 0 Å². The second-order valence-corrected chi connectivity index (χ2v) is 5.13. The number of hydrogen-bond acceptors (Lipinski definition) is 3. The molecule has 0 saturated carbocycles. The third-order valence-corrected chi connectivity index (χ3v) is 3.23. The van der Waals surface area contributed by atoms with E-state index in [0.29, 0.717) is 6.42 Å². The number of rotatable bonds is 5. The van der Waals surface area contributed by atoms with E-state index in [1.165, 1.54) is 0 Å². The van der Waals surface area contributed by atoms with Gasteiger partial charge in [-0.05, 0) is 6.42 Å². The summed E-state index contributed by atoms with van der Waals surface area (Å²) < 4.78 is 11.2. The molecule has 0 aliphatic rings. The molecule has 0 aromatic carbocycles. The van der Waals surface area contributed by atoms with Gasteiger partial charge in [-0.2, -0.15) is 0 Å². The first-order valence-corrected chi connectivity index (χ1v) is 5.82. The summed E-state index contributed by atoms with van der Waals surface area (Å²) in [4.78, 5) is 9.23. The zero-order valence-electron chi connectivity index (χ0n) is 7.10. The van der Waals surface area contributed by atoms with Gasteiger partial charge in [-0.1, -0.05) is 18.5 Å². The summed E-state index contributed by atoms with van der Waals surface area (Å²) in [5.41, 5.74) is 5.10. The Labute approximate surface area is 71.7 Å². The predicted octanol–water partition coefficient (Wildman–Crippen LogP) is 0.803. The zero-order chi connectivity index (χ0) is 9.61. The van der Waals surface area contributed by atoms with Crippen LogP contribution in [0.4, 0.5) is 0 Å². The average molecular weight is 194 g/mol. The van der Waals surface area contributed by atoms with E-state index >= 15 is 0 Å². The number of nitrogens with two attached hydrogens (primary N) is 1. The Kier molecular flexibility index (Phi) is 4.93. The first-order chi connectivity index (χ1) is 5.52. The molecule has 0 rings (SSSR count). The van der Waals surface area contributed by atoms with E-state index in [-0.39, 0.29) is 18.2 Å². The van der Waals surface area contributed by atoms with E-state index in [9.17, 15) is 9.46 Å². The Bertz CT molecular complexity index is 205. The summed E-state index contributed by atoms with van der Waals surface area (Å²) in [6.07, 6.45) is 1.57. The number of hydrogen-bond donors (Lipinski definition) is 3. The maximum Gasteiger partial charge on any atom is 0.208 e. The van der Waals surface area contributed by atoms with Crippen molar-refractivity contribution in [3.8, 4) is 0 Å². The quantitative estimate of drug-likeness (QED) is 0.198. The van der Waals surface area contributed by atoms with E-state index in [1.54, 1.807) is 0 Å². The highest BCUT2D eigenvalue weighted by molar-refractivity contribution is 7.58. The van der Waals surface area contributed by atoms with Crippen LogP contribution in [0.5, 0.6) is 0 Å². The standard InChI is InChI=1S/C6H15N2O3P/c1-2-3-4-12(10,11)5-6(7)8-9/h9H,2-5H2,1H3,(H2,7,8)(H,10,11). The van der Waals surface area contributed by atoms with Gasteiger partial charge in [-0.15, -0.1) is 0 Å². The fraction of sp³-hybridized carbons (Fsp3) is 0.833. The molecule has 0 radical (unpaired) electrons. The molecule has 0 aliphatic heterocycles. The normalized spacial score (nSPS) is 17.3. The minimum Gasteiger partial charge on any atom is -0.409 e. The van der Waals surface area contributed by atoms with Crippen molar-refractivity contribution in [2.45, 2.75) is 19.8 Å². The minimum atomic E-state index is -3.20. The lowest BCUT2D eigenvalue weighted by atomic mass is 10.4. The molecule has 0 spiro atoms. The largest absolute Gasteiger partial charge is 0.409 e. The molecule has 0 fully saturated rings. The molecular weight excluding hydrogens is 179 g/mol. The lowest BCUT2D eigenvalue weighted by Gasteiger charge is -2.08. The highest BCUT2D eigenvalue weighted by Gasteiger charge is 2.19. The second-order valence-electron chi connectivity index (χ2n) is 2.67. The van der Waals surface area contributed by atoms with Gasteiger partial charge in [0.05, 0.1) is 6.16 Å². The molecule has 0 bridgehead atoms. The van der Waals surface area contributed by atoms with Crippen LogP contribution in [0.15, 0.2) is 5.16 Å². The molecule has 5 nitrogen and oxygen atoms in total. The van der Waals surface area contributed by atoms with Crippen molar-refractivity contribution in [3.05, 3.63) is 0 Å². The zero-order valence-corrected chi connectivity index (χ0v) is 8.00. The van der Waals surface area contributed by atoms with Gasteiger partial charge >= 0.3 is 0 Å². The Balaban J connectivity index is 3.96. The van der Waals surface area contributed by atoms with Gasteiger partial charge in [-0.3, -0.25) is 4.57 Å². The summed E-state index contributed by atoms with van der Waals surface area (Å²) >= 11 is 0. The molecule has 0 aliphatic carbocycles. The summed E-state index contributed by atoms with van der Waals surface area (Å²) in [5.74, 6) is -0.183. The molecular formula is C6H15N2O3P. The monoisotopic (exact) mass is 194 g/mol. The lowest BCUT2D eigenvalue weighted by Crippen LogP contribution is -2.17. The second kappa shape index (κ2) is 5.17. The molecule has 0 saturated heterocycles. The third-order valence-electron chi connectivity index (χ3n) is 1.40. The SMILES string of the molecule is CCCCP(=O)(O)CC(N)=NO. The fourth-order valence-electron chi connectivity index (χ4n) is 0.769. The van der Waals surface area contributed by atoms with Gasteiger partial charge in [0, 0.05) is 6.16 Å².